The Hall–Kier alpha value is -3.77. The Balaban J connectivity index is 1.27. The Bertz CT molecular complexity index is 1450. The van der Waals surface area contributed by atoms with E-state index in [0.29, 0.717) is 17.9 Å². The minimum absolute atomic E-state index is 0.0170. The Morgan fingerprint density at radius 1 is 0.935 bits per heavy atom. The second-order valence-corrected chi connectivity index (χ2v) is 12.1. The summed E-state index contributed by atoms with van der Waals surface area (Å²) < 4.78 is 52.0. The number of likely N-dealkylation sites (N-methyl/N-ethyl adjacent to an activating group) is 1. The predicted molar refractivity (Wildman–Crippen MR) is 165 cm³/mol. The molecule has 2 N–H and O–H groups in total. The number of ether oxygens (including phenoxy) is 2. The molecule has 2 amide bonds. The number of hydrogen-bond donors (Lipinski definition) is 2. The molecule has 2 aliphatic rings. The third kappa shape index (κ3) is 8.14. The van der Waals surface area contributed by atoms with Crippen molar-refractivity contribution in [2.75, 3.05) is 20.1 Å². The van der Waals surface area contributed by atoms with Crippen molar-refractivity contribution in [3.8, 4) is 0 Å². The molecule has 2 fully saturated rings. The summed E-state index contributed by atoms with van der Waals surface area (Å²) in [6.07, 6.45) is -5.59. The van der Waals surface area contributed by atoms with Gasteiger partial charge in [-0.2, -0.15) is 13.2 Å². The first-order valence-corrected chi connectivity index (χ1v) is 15.5. The maximum Gasteiger partial charge on any atom is 0.471 e. The van der Waals surface area contributed by atoms with Gasteiger partial charge in [-0.3, -0.25) is 14.5 Å². The number of aliphatic hydroxyl groups is 1. The monoisotopic (exact) mass is 639 g/mol. The molecule has 5 atom stereocenters. The molecule has 3 aromatic rings. The van der Waals surface area contributed by atoms with Gasteiger partial charge in [-0.15, -0.1) is 0 Å². The lowest BCUT2D eigenvalue weighted by Crippen LogP contribution is -2.50. The maximum absolute atomic E-state index is 13.0. The Morgan fingerprint density at radius 2 is 1.59 bits per heavy atom. The average Bonchev–Trinajstić information content (AvgIpc) is 3.54. The molecule has 0 bridgehead atoms. The van der Waals surface area contributed by atoms with Crippen molar-refractivity contribution in [1.29, 1.82) is 0 Å². The van der Waals surface area contributed by atoms with Crippen LogP contribution in [0.15, 0.2) is 78.9 Å². The first kappa shape index (κ1) is 33.6. The van der Waals surface area contributed by atoms with Crippen LogP contribution in [-0.4, -0.2) is 65.2 Å². The van der Waals surface area contributed by atoms with E-state index in [4.69, 9.17) is 9.47 Å². The first-order chi connectivity index (χ1) is 22.0. The number of hydrogen-bond acceptors (Lipinski definition) is 6. The normalized spacial score (nSPS) is 23.5. The topological polar surface area (TPSA) is 91.3 Å². The molecule has 8 nitrogen and oxygen atoms in total. The Morgan fingerprint density at radius 3 is 2.24 bits per heavy atom. The van der Waals surface area contributed by atoms with Crippen LogP contribution in [0, 0.1) is 5.92 Å². The number of carbonyl (C=O) groups is 2. The van der Waals surface area contributed by atoms with Gasteiger partial charge >= 0.3 is 12.1 Å². The third-order valence-electron chi connectivity index (χ3n) is 8.69. The number of alkyl halides is 3. The minimum atomic E-state index is -5.02. The van der Waals surface area contributed by atoms with E-state index in [-0.39, 0.29) is 44.2 Å². The molecule has 11 heteroatoms. The molecule has 3 aromatic carbocycles. The number of benzene rings is 3. The van der Waals surface area contributed by atoms with Gasteiger partial charge < -0.3 is 24.8 Å². The summed E-state index contributed by atoms with van der Waals surface area (Å²) in [5.74, 6) is -2.57. The van der Waals surface area contributed by atoms with Crippen LogP contribution < -0.4 is 5.32 Å². The number of nitrogens with one attached hydrogen (secondary N) is 1. The van der Waals surface area contributed by atoms with Gasteiger partial charge in [-0.25, -0.2) is 0 Å². The number of nitrogens with zero attached hydrogens (tertiary/aromatic N) is 2. The molecule has 0 aromatic heterocycles. The zero-order chi connectivity index (χ0) is 32.8. The molecule has 2 aliphatic heterocycles. The van der Waals surface area contributed by atoms with Crippen molar-refractivity contribution in [3.05, 3.63) is 107 Å². The fraction of sp³-hybridized carbons (Fsp3) is 0.429. The van der Waals surface area contributed by atoms with Crippen LogP contribution in [-0.2, 0) is 38.8 Å². The Kier molecular flexibility index (Phi) is 10.8. The number of carbonyl (C=O) groups excluding carboxylic acids is 2. The number of halogens is 3. The third-order valence-corrected chi connectivity index (χ3v) is 8.69. The average molecular weight is 640 g/mol. The number of likely N-dealkylation sites (tertiary alicyclic amines) is 1. The second kappa shape index (κ2) is 14.8. The van der Waals surface area contributed by atoms with Crippen LogP contribution >= 0.6 is 0 Å². The van der Waals surface area contributed by atoms with Crippen molar-refractivity contribution < 1.29 is 37.3 Å². The van der Waals surface area contributed by atoms with Crippen molar-refractivity contribution in [3.63, 3.8) is 0 Å². The highest BCUT2D eigenvalue weighted by atomic mass is 19.4. The minimum Gasteiger partial charge on any atom is -0.392 e. The van der Waals surface area contributed by atoms with E-state index in [1.807, 2.05) is 66.7 Å². The lowest BCUT2D eigenvalue weighted by atomic mass is 9.90. The van der Waals surface area contributed by atoms with Crippen LogP contribution in [0.3, 0.4) is 0 Å². The molecular formula is C35H40F3N3O5. The molecule has 2 saturated heterocycles. The van der Waals surface area contributed by atoms with Crippen LogP contribution in [0.2, 0.25) is 0 Å². The van der Waals surface area contributed by atoms with Gasteiger partial charge in [-0.1, -0.05) is 85.8 Å². The zero-order valence-corrected chi connectivity index (χ0v) is 26.0. The number of aliphatic hydroxyl groups excluding tert-OH is 1. The summed E-state index contributed by atoms with van der Waals surface area (Å²) in [5, 5.41) is 12.2. The van der Waals surface area contributed by atoms with Gasteiger partial charge in [0.15, 0.2) is 6.29 Å². The fourth-order valence-electron chi connectivity index (χ4n) is 6.14. The molecule has 0 aliphatic carbocycles. The fourth-order valence-corrected chi connectivity index (χ4v) is 6.14. The van der Waals surface area contributed by atoms with Gasteiger partial charge in [0.2, 0.25) is 5.91 Å². The molecular weight excluding hydrogens is 599 g/mol. The summed E-state index contributed by atoms with van der Waals surface area (Å²) >= 11 is 0. The number of amides is 2. The van der Waals surface area contributed by atoms with Crippen LogP contribution in [0.4, 0.5) is 13.2 Å². The maximum atomic E-state index is 13.0. The second-order valence-electron chi connectivity index (χ2n) is 12.1. The van der Waals surface area contributed by atoms with E-state index in [2.05, 4.69) is 36.3 Å². The summed E-state index contributed by atoms with van der Waals surface area (Å²) in [4.78, 5) is 27.3. The zero-order valence-electron chi connectivity index (χ0n) is 26.0. The highest BCUT2D eigenvalue weighted by Gasteiger charge is 2.47. The van der Waals surface area contributed by atoms with E-state index in [1.54, 1.807) is 0 Å². The van der Waals surface area contributed by atoms with Crippen molar-refractivity contribution in [2.45, 2.75) is 70.2 Å². The van der Waals surface area contributed by atoms with Crippen molar-refractivity contribution >= 4 is 11.8 Å². The van der Waals surface area contributed by atoms with Crippen molar-refractivity contribution in [2.24, 2.45) is 5.92 Å². The molecule has 2 heterocycles. The summed E-state index contributed by atoms with van der Waals surface area (Å²) in [5.41, 5.74) is 4.52. The highest BCUT2D eigenvalue weighted by molar-refractivity contribution is 5.90. The van der Waals surface area contributed by atoms with E-state index in [1.165, 1.54) is 5.56 Å². The van der Waals surface area contributed by atoms with Gasteiger partial charge in [0.1, 0.15) is 6.04 Å². The molecule has 0 saturated carbocycles. The van der Waals surface area contributed by atoms with Gasteiger partial charge in [0.25, 0.3) is 0 Å². The SMILES string of the molecule is CC1C(CN(C)Cc2ccccc2)OC(c2ccc(CNC(=O)C3CCCN3C(=O)C(F)(F)F)cc2)OC1c1ccc(CO)cc1. The van der Waals surface area contributed by atoms with Gasteiger partial charge in [0, 0.05) is 37.7 Å². The van der Waals surface area contributed by atoms with Crippen LogP contribution in [0.5, 0.6) is 0 Å². The summed E-state index contributed by atoms with van der Waals surface area (Å²) in [6, 6.07) is 24.1. The van der Waals surface area contributed by atoms with E-state index in [0.717, 1.165) is 28.8 Å². The van der Waals surface area contributed by atoms with E-state index >= 15 is 0 Å². The van der Waals surface area contributed by atoms with Crippen LogP contribution in [0.1, 0.15) is 60.0 Å². The molecule has 46 heavy (non-hydrogen) atoms. The molecule has 5 rings (SSSR count). The summed E-state index contributed by atoms with van der Waals surface area (Å²) in [6.45, 7) is 3.50. The lowest BCUT2D eigenvalue weighted by molar-refractivity contribution is -0.276. The predicted octanol–water partition coefficient (Wildman–Crippen LogP) is 5.27. The number of rotatable bonds is 10. The highest BCUT2D eigenvalue weighted by Crippen LogP contribution is 2.42. The first-order valence-electron chi connectivity index (χ1n) is 15.5. The van der Waals surface area contributed by atoms with Gasteiger partial charge in [-0.05, 0) is 42.1 Å². The largest absolute Gasteiger partial charge is 0.471 e. The van der Waals surface area contributed by atoms with E-state index < -0.39 is 30.3 Å². The molecule has 0 radical (unpaired) electrons. The van der Waals surface area contributed by atoms with Gasteiger partial charge in [0.05, 0.1) is 18.8 Å². The van der Waals surface area contributed by atoms with Crippen LogP contribution in [0.25, 0.3) is 0 Å². The summed E-state index contributed by atoms with van der Waals surface area (Å²) in [7, 11) is 2.06. The Labute approximate surface area is 267 Å². The smallest absolute Gasteiger partial charge is 0.392 e. The quantitative estimate of drug-likeness (QED) is 0.314. The standard InChI is InChI=1S/C35H40F3N3O5/c1-23-30(21-40(2)20-25-7-4-3-5-8-25)45-33(46-31(23)27-14-12-26(22-42)13-15-27)28-16-10-24(11-17-28)19-39-32(43)29-9-6-18-41(29)34(44)35(36,37)38/h3-5,7-8,10-17,23,29-31,33,42H,6,9,18-22H2,1-2H3,(H,39,43). The van der Waals surface area contributed by atoms with Crippen molar-refractivity contribution in [1.82, 2.24) is 15.1 Å². The lowest BCUT2D eigenvalue weighted by Gasteiger charge is -2.42. The molecule has 246 valence electrons. The molecule has 0 spiro atoms. The molecule has 5 unspecified atom stereocenters. The van der Waals surface area contributed by atoms with E-state index in [9.17, 15) is 27.9 Å².